The lowest BCUT2D eigenvalue weighted by atomic mass is 10.0. The van der Waals surface area contributed by atoms with Crippen LogP contribution in [-0.2, 0) is 0 Å². The zero-order chi connectivity index (χ0) is 26.0. The smallest absolute Gasteiger partial charge is 0.174 e. The molecule has 0 amide bonds. The highest BCUT2D eigenvalue weighted by Crippen LogP contribution is 2.40. The summed E-state index contributed by atoms with van der Waals surface area (Å²) in [6.45, 7) is 0. The average molecular weight is 495 g/mol. The Morgan fingerprint density at radius 3 is 1.03 bits per heavy atom. The van der Waals surface area contributed by atoms with Crippen molar-refractivity contribution < 1.29 is 8.78 Å². The Balaban J connectivity index is 1.73. The van der Waals surface area contributed by atoms with E-state index in [1.54, 1.807) is 9.13 Å². The minimum Gasteiger partial charge on any atom is -0.305 e. The molecule has 0 spiro atoms. The van der Waals surface area contributed by atoms with Crippen molar-refractivity contribution >= 4 is 43.6 Å². The second-order valence-electron chi connectivity index (χ2n) is 9.04. The van der Waals surface area contributed by atoms with Crippen molar-refractivity contribution in [2.75, 3.05) is 0 Å². The van der Waals surface area contributed by atoms with Gasteiger partial charge < -0.3 is 9.13 Å². The van der Waals surface area contributed by atoms with Gasteiger partial charge >= 0.3 is 0 Å². The summed E-state index contributed by atoms with van der Waals surface area (Å²) in [5, 5.41) is 23.5. The molecule has 178 valence electrons. The van der Waals surface area contributed by atoms with E-state index in [9.17, 15) is 10.5 Å². The zero-order valence-corrected chi connectivity index (χ0v) is 19.8. The number of hydrogen-bond donors (Lipinski definition) is 0. The van der Waals surface area contributed by atoms with Crippen molar-refractivity contribution in [3.63, 3.8) is 0 Å². The Bertz CT molecular complexity index is 1930. The Morgan fingerprint density at radius 1 is 0.447 bits per heavy atom. The normalized spacial score (nSPS) is 11.4. The molecule has 0 saturated carbocycles. The van der Waals surface area contributed by atoms with Crippen LogP contribution in [0.4, 0.5) is 8.78 Å². The number of hydrogen-bond acceptors (Lipinski definition) is 2. The lowest BCUT2D eigenvalue weighted by molar-refractivity contribution is 0.583. The number of aromatic nitrogens is 2. The third-order valence-corrected chi connectivity index (χ3v) is 7.16. The fraction of sp³-hybridized carbons (Fsp3) is 0. The van der Waals surface area contributed by atoms with E-state index in [0.717, 1.165) is 21.5 Å². The molecule has 7 aromatic rings. The maximum absolute atomic E-state index is 17.1. The summed E-state index contributed by atoms with van der Waals surface area (Å²) >= 11 is 0. The fourth-order valence-electron chi connectivity index (χ4n) is 5.62. The standard InChI is InChI=1S/C32H16F2N4/c33-29-23(17-35)31(37-25-13-5-1-9-19(25)20-10-2-6-14-26(20)37)30(34)32(24(29)18-36)38-27-15-7-3-11-21(27)22-12-4-8-16-28(22)38/h1-16H. The van der Waals surface area contributed by atoms with Gasteiger partial charge in [-0.1, -0.05) is 72.8 Å². The van der Waals surface area contributed by atoms with Crippen molar-refractivity contribution in [1.29, 1.82) is 10.5 Å². The van der Waals surface area contributed by atoms with E-state index in [1.165, 1.54) is 0 Å². The van der Waals surface area contributed by atoms with Gasteiger partial charge in [-0.15, -0.1) is 0 Å². The summed E-state index contributed by atoms with van der Waals surface area (Å²) in [5.41, 5.74) is 1.02. The number of fused-ring (bicyclic) bond motifs is 6. The van der Waals surface area contributed by atoms with Crippen molar-refractivity contribution in [1.82, 2.24) is 9.13 Å². The molecule has 0 atom stereocenters. The SMILES string of the molecule is N#Cc1c(F)c(C#N)c(-n2c3ccccc3c3ccccc32)c(F)c1-n1c2ccccc2c2ccccc21. The summed E-state index contributed by atoms with van der Waals surface area (Å²) in [7, 11) is 0. The molecule has 4 nitrogen and oxygen atoms in total. The molecule has 0 fully saturated rings. The molecular weight excluding hydrogens is 478 g/mol. The van der Waals surface area contributed by atoms with E-state index >= 15 is 8.78 Å². The van der Waals surface area contributed by atoms with Crippen LogP contribution < -0.4 is 0 Å². The van der Waals surface area contributed by atoms with Gasteiger partial charge in [0.05, 0.1) is 22.1 Å². The molecule has 0 radical (unpaired) electrons. The minimum atomic E-state index is -1.05. The lowest BCUT2D eigenvalue weighted by Crippen LogP contribution is -2.12. The summed E-state index contributed by atoms with van der Waals surface area (Å²) < 4.78 is 36.4. The molecule has 6 heteroatoms. The number of rotatable bonds is 2. The Morgan fingerprint density at radius 2 is 0.737 bits per heavy atom. The van der Waals surface area contributed by atoms with Gasteiger partial charge in [0.2, 0.25) is 0 Å². The van der Waals surface area contributed by atoms with Crippen molar-refractivity contribution in [2.24, 2.45) is 0 Å². The molecule has 2 aromatic heterocycles. The molecule has 0 unspecified atom stereocenters. The van der Waals surface area contributed by atoms with Gasteiger partial charge in [-0.05, 0) is 24.3 Å². The summed E-state index contributed by atoms with van der Waals surface area (Å²) in [6, 6.07) is 33.4. The van der Waals surface area contributed by atoms with Crippen LogP contribution in [0.15, 0.2) is 97.1 Å². The van der Waals surface area contributed by atoms with E-state index in [4.69, 9.17) is 0 Å². The average Bonchev–Trinajstić information content (AvgIpc) is 3.47. The van der Waals surface area contributed by atoms with Crippen LogP contribution in [0.3, 0.4) is 0 Å². The topological polar surface area (TPSA) is 57.4 Å². The highest BCUT2D eigenvalue weighted by molar-refractivity contribution is 6.11. The van der Waals surface area contributed by atoms with Gasteiger partial charge in [-0.25, -0.2) is 8.78 Å². The second kappa shape index (κ2) is 8.03. The maximum Gasteiger partial charge on any atom is 0.174 e. The first kappa shape index (κ1) is 21.8. The molecule has 0 bridgehead atoms. The van der Waals surface area contributed by atoms with Gasteiger partial charge in [-0.3, -0.25) is 0 Å². The van der Waals surface area contributed by atoms with E-state index in [0.29, 0.717) is 22.1 Å². The minimum absolute atomic E-state index is 0.224. The summed E-state index contributed by atoms with van der Waals surface area (Å²) in [4.78, 5) is 0. The third kappa shape index (κ3) is 2.74. The molecule has 7 rings (SSSR count). The Labute approximate surface area is 215 Å². The van der Waals surface area contributed by atoms with Gasteiger partial charge in [0.25, 0.3) is 0 Å². The van der Waals surface area contributed by atoms with Gasteiger partial charge in [0.15, 0.2) is 11.6 Å². The van der Waals surface area contributed by atoms with Crippen molar-refractivity contribution in [2.45, 2.75) is 0 Å². The summed E-state index contributed by atoms with van der Waals surface area (Å²) in [6.07, 6.45) is 0. The van der Waals surface area contributed by atoms with Crippen LogP contribution in [0.25, 0.3) is 55.0 Å². The molecular formula is C32H16F2N4. The number of halogens is 2. The first-order valence-electron chi connectivity index (χ1n) is 12.0. The fourth-order valence-corrected chi connectivity index (χ4v) is 5.62. The van der Waals surface area contributed by atoms with Crippen LogP contribution in [0.2, 0.25) is 0 Å². The van der Waals surface area contributed by atoms with E-state index in [1.807, 2.05) is 109 Å². The molecule has 38 heavy (non-hydrogen) atoms. The van der Waals surface area contributed by atoms with Crippen LogP contribution in [0.1, 0.15) is 11.1 Å². The number of benzene rings is 5. The second-order valence-corrected chi connectivity index (χ2v) is 9.04. The molecule has 2 heterocycles. The van der Waals surface area contributed by atoms with E-state index < -0.39 is 22.8 Å². The number of nitrogens with zero attached hydrogens (tertiary/aromatic N) is 4. The van der Waals surface area contributed by atoms with Crippen LogP contribution >= 0.6 is 0 Å². The quantitative estimate of drug-likeness (QED) is 0.245. The Kier molecular flexibility index (Phi) is 4.60. The molecule has 0 N–H and O–H groups in total. The van der Waals surface area contributed by atoms with Crippen molar-refractivity contribution in [3.8, 4) is 23.5 Å². The van der Waals surface area contributed by atoms with Crippen LogP contribution in [0.5, 0.6) is 0 Å². The predicted molar refractivity (Wildman–Crippen MR) is 144 cm³/mol. The highest BCUT2D eigenvalue weighted by Gasteiger charge is 2.30. The molecule has 0 aliphatic carbocycles. The molecule has 0 saturated heterocycles. The lowest BCUT2D eigenvalue weighted by Gasteiger charge is -2.18. The molecule has 0 aliphatic heterocycles. The largest absolute Gasteiger partial charge is 0.305 e. The number of para-hydroxylation sites is 4. The van der Waals surface area contributed by atoms with E-state index in [2.05, 4.69) is 0 Å². The monoisotopic (exact) mass is 494 g/mol. The predicted octanol–water partition coefficient (Wildman–Crippen LogP) is 7.90. The van der Waals surface area contributed by atoms with Gasteiger partial charge in [0, 0.05) is 21.5 Å². The van der Waals surface area contributed by atoms with Gasteiger partial charge in [-0.2, -0.15) is 10.5 Å². The van der Waals surface area contributed by atoms with E-state index in [-0.39, 0.29) is 11.4 Å². The maximum atomic E-state index is 17.1. The molecule has 0 aliphatic rings. The number of nitriles is 2. The summed E-state index contributed by atoms with van der Waals surface area (Å²) in [5.74, 6) is -1.90. The van der Waals surface area contributed by atoms with Crippen molar-refractivity contribution in [3.05, 3.63) is 120 Å². The van der Waals surface area contributed by atoms with Crippen LogP contribution in [0, 0.1) is 34.3 Å². The first-order chi connectivity index (χ1) is 18.7. The van der Waals surface area contributed by atoms with Crippen LogP contribution in [-0.4, -0.2) is 9.13 Å². The molecule has 5 aromatic carbocycles. The third-order valence-electron chi connectivity index (χ3n) is 7.16. The highest BCUT2D eigenvalue weighted by atomic mass is 19.1. The first-order valence-corrected chi connectivity index (χ1v) is 12.0. The zero-order valence-electron chi connectivity index (χ0n) is 19.8. The van der Waals surface area contributed by atoms with Gasteiger partial charge in [0.1, 0.15) is 34.6 Å². The Hall–Kier alpha value is -5.46.